The van der Waals surface area contributed by atoms with E-state index in [0.29, 0.717) is 26.2 Å². The zero-order valence-corrected chi connectivity index (χ0v) is 14.7. The highest BCUT2D eigenvalue weighted by molar-refractivity contribution is 6.30. The molecule has 2 aliphatic rings. The summed E-state index contributed by atoms with van der Waals surface area (Å²) in [5.74, 6) is -0.227. The van der Waals surface area contributed by atoms with Crippen LogP contribution in [0, 0.1) is 0 Å². The van der Waals surface area contributed by atoms with Crippen molar-refractivity contribution in [3.8, 4) is 0 Å². The molecule has 1 amide bonds. The monoisotopic (exact) mass is 352 g/mol. The maximum atomic E-state index is 12.0. The average Bonchev–Trinajstić information content (AvgIpc) is 3.04. The first-order valence-corrected chi connectivity index (χ1v) is 9.04. The van der Waals surface area contributed by atoms with Crippen LogP contribution in [0.25, 0.3) is 0 Å². The van der Waals surface area contributed by atoms with Gasteiger partial charge in [-0.1, -0.05) is 23.7 Å². The molecule has 2 heterocycles. The molecule has 2 aliphatic heterocycles. The van der Waals surface area contributed by atoms with Crippen LogP contribution >= 0.6 is 11.6 Å². The molecule has 0 unspecified atom stereocenters. The Bertz CT molecular complexity index is 534. The largest absolute Gasteiger partial charge is 0.356 e. The highest BCUT2D eigenvalue weighted by atomic mass is 35.5. The second-order valence-electron chi connectivity index (χ2n) is 6.43. The van der Waals surface area contributed by atoms with Gasteiger partial charge >= 0.3 is 0 Å². The molecule has 1 aromatic rings. The molecule has 132 valence electrons. The molecule has 2 saturated heterocycles. The summed E-state index contributed by atoms with van der Waals surface area (Å²) in [6.07, 6.45) is 3.15. The molecule has 6 heteroatoms. The lowest BCUT2D eigenvalue weighted by Crippen LogP contribution is -2.46. The molecule has 5 nitrogen and oxygen atoms in total. The van der Waals surface area contributed by atoms with Crippen molar-refractivity contribution in [3.05, 3.63) is 34.9 Å². The molecule has 1 N–H and O–H groups in total. The Balaban J connectivity index is 1.29. The summed E-state index contributed by atoms with van der Waals surface area (Å²) in [7, 11) is 0. The van der Waals surface area contributed by atoms with Gasteiger partial charge in [0.15, 0.2) is 5.79 Å². The standard InChI is InChI=1S/C18H25ClN2O3/c19-16-3-1-15(2-4-16)5-9-20-17(22)6-10-21-11-7-18(8-12-21)23-13-14-24-18/h1-4H,5-14H2,(H,20,22). The summed E-state index contributed by atoms with van der Waals surface area (Å²) >= 11 is 5.86. The van der Waals surface area contributed by atoms with Gasteiger partial charge in [-0.3, -0.25) is 4.79 Å². The summed E-state index contributed by atoms with van der Waals surface area (Å²) in [4.78, 5) is 14.3. The topological polar surface area (TPSA) is 50.8 Å². The maximum Gasteiger partial charge on any atom is 0.221 e. The van der Waals surface area contributed by atoms with Crippen LogP contribution in [-0.2, 0) is 20.7 Å². The molecule has 24 heavy (non-hydrogen) atoms. The molecule has 0 radical (unpaired) electrons. The molecule has 0 aromatic heterocycles. The number of hydrogen-bond donors (Lipinski definition) is 1. The van der Waals surface area contributed by atoms with E-state index in [1.807, 2.05) is 24.3 Å². The molecule has 2 fully saturated rings. The van der Waals surface area contributed by atoms with Gasteiger partial charge in [0.1, 0.15) is 0 Å². The SMILES string of the molecule is O=C(CCN1CCC2(CC1)OCCO2)NCCc1ccc(Cl)cc1. The van der Waals surface area contributed by atoms with E-state index in [9.17, 15) is 4.79 Å². The quantitative estimate of drug-likeness (QED) is 0.853. The lowest BCUT2D eigenvalue weighted by molar-refractivity contribution is -0.185. The smallest absolute Gasteiger partial charge is 0.221 e. The number of carbonyl (C=O) groups excluding carboxylic acids is 1. The Labute approximate surface area is 148 Å². The van der Waals surface area contributed by atoms with Crippen LogP contribution in [0.2, 0.25) is 5.02 Å². The van der Waals surface area contributed by atoms with Gasteiger partial charge in [0.05, 0.1) is 13.2 Å². The van der Waals surface area contributed by atoms with Gasteiger partial charge in [-0.15, -0.1) is 0 Å². The van der Waals surface area contributed by atoms with E-state index in [2.05, 4.69) is 10.2 Å². The lowest BCUT2D eigenvalue weighted by atomic mass is 10.0. The Hall–Kier alpha value is -1.14. The normalized spacial score (nSPS) is 20.4. The minimum Gasteiger partial charge on any atom is -0.356 e. The minimum atomic E-state index is -0.336. The third-order valence-electron chi connectivity index (χ3n) is 4.74. The Morgan fingerprint density at radius 1 is 1.17 bits per heavy atom. The molecule has 1 spiro atoms. The van der Waals surface area contributed by atoms with Crippen molar-refractivity contribution >= 4 is 17.5 Å². The number of hydrogen-bond acceptors (Lipinski definition) is 4. The van der Waals surface area contributed by atoms with Crippen LogP contribution in [0.3, 0.4) is 0 Å². The van der Waals surface area contributed by atoms with Crippen molar-refractivity contribution < 1.29 is 14.3 Å². The van der Waals surface area contributed by atoms with E-state index < -0.39 is 0 Å². The fraction of sp³-hybridized carbons (Fsp3) is 0.611. The highest BCUT2D eigenvalue weighted by Crippen LogP contribution is 2.31. The van der Waals surface area contributed by atoms with Crippen LogP contribution < -0.4 is 5.32 Å². The first kappa shape index (κ1) is 17.7. The average molecular weight is 353 g/mol. The van der Waals surface area contributed by atoms with Crippen LogP contribution in [0.5, 0.6) is 0 Å². The zero-order chi connectivity index (χ0) is 16.8. The predicted octanol–water partition coefficient (Wildman–Crippen LogP) is 2.23. The molecule has 0 bridgehead atoms. The first-order valence-electron chi connectivity index (χ1n) is 8.67. The van der Waals surface area contributed by atoms with Gasteiger partial charge < -0.3 is 19.7 Å². The van der Waals surface area contributed by atoms with Crippen LogP contribution in [-0.4, -0.2) is 56.0 Å². The van der Waals surface area contributed by atoms with Gasteiger partial charge in [-0.05, 0) is 24.1 Å². The van der Waals surface area contributed by atoms with Crippen LogP contribution in [0.1, 0.15) is 24.8 Å². The number of nitrogens with zero attached hydrogens (tertiary/aromatic N) is 1. The summed E-state index contributed by atoms with van der Waals surface area (Å²) in [5, 5.41) is 3.72. The van der Waals surface area contributed by atoms with Crippen molar-refractivity contribution in [1.29, 1.82) is 0 Å². The Kier molecular flexibility index (Phi) is 6.11. The zero-order valence-electron chi connectivity index (χ0n) is 13.9. The lowest BCUT2D eigenvalue weighted by Gasteiger charge is -2.37. The number of halogens is 1. The van der Waals surface area contributed by atoms with E-state index in [-0.39, 0.29) is 11.7 Å². The number of likely N-dealkylation sites (tertiary alicyclic amines) is 1. The van der Waals surface area contributed by atoms with E-state index in [1.54, 1.807) is 0 Å². The molecule has 0 aliphatic carbocycles. The molecular weight excluding hydrogens is 328 g/mol. The van der Waals surface area contributed by atoms with E-state index >= 15 is 0 Å². The molecular formula is C18H25ClN2O3. The number of amides is 1. The van der Waals surface area contributed by atoms with E-state index in [0.717, 1.165) is 43.9 Å². The molecule has 1 aromatic carbocycles. The van der Waals surface area contributed by atoms with Gasteiger partial charge in [-0.25, -0.2) is 0 Å². The van der Waals surface area contributed by atoms with Gasteiger partial charge in [-0.2, -0.15) is 0 Å². The Morgan fingerprint density at radius 2 is 1.83 bits per heavy atom. The minimum absolute atomic E-state index is 0.109. The third kappa shape index (κ3) is 4.93. The van der Waals surface area contributed by atoms with E-state index in [4.69, 9.17) is 21.1 Å². The number of carbonyl (C=O) groups is 1. The highest BCUT2D eigenvalue weighted by Gasteiger charge is 2.39. The summed E-state index contributed by atoms with van der Waals surface area (Å²) < 4.78 is 11.4. The number of rotatable bonds is 6. The van der Waals surface area contributed by atoms with Crippen molar-refractivity contribution in [2.45, 2.75) is 31.5 Å². The summed E-state index contributed by atoms with van der Waals surface area (Å²) in [6.45, 7) is 4.72. The third-order valence-corrected chi connectivity index (χ3v) is 4.99. The fourth-order valence-corrected chi connectivity index (χ4v) is 3.37. The number of benzene rings is 1. The van der Waals surface area contributed by atoms with Crippen molar-refractivity contribution in [2.75, 3.05) is 39.4 Å². The van der Waals surface area contributed by atoms with Gasteiger partial charge in [0, 0.05) is 50.5 Å². The second kappa shape index (κ2) is 8.30. The fourth-order valence-electron chi connectivity index (χ4n) is 3.25. The van der Waals surface area contributed by atoms with Crippen LogP contribution in [0.15, 0.2) is 24.3 Å². The second-order valence-corrected chi connectivity index (χ2v) is 6.86. The number of ether oxygens (including phenoxy) is 2. The predicted molar refractivity (Wildman–Crippen MR) is 93.1 cm³/mol. The molecule has 3 rings (SSSR count). The maximum absolute atomic E-state index is 12.0. The van der Waals surface area contributed by atoms with Gasteiger partial charge in [0.2, 0.25) is 5.91 Å². The molecule has 0 saturated carbocycles. The number of nitrogens with one attached hydrogen (secondary N) is 1. The van der Waals surface area contributed by atoms with Crippen molar-refractivity contribution in [3.63, 3.8) is 0 Å². The molecule has 0 atom stereocenters. The number of piperidine rings is 1. The summed E-state index contributed by atoms with van der Waals surface area (Å²) in [5.41, 5.74) is 1.18. The van der Waals surface area contributed by atoms with Gasteiger partial charge in [0.25, 0.3) is 0 Å². The van der Waals surface area contributed by atoms with E-state index in [1.165, 1.54) is 5.56 Å². The van der Waals surface area contributed by atoms with Crippen LogP contribution in [0.4, 0.5) is 0 Å². The summed E-state index contributed by atoms with van der Waals surface area (Å²) in [6, 6.07) is 7.73. The Morgan fingerprint density at radius 3 is 2.50 bits per heavy atom. The van der Waals surface area contributed by atoms with Crippen molar-refractivity contribution in [2.24, 2.45) is 0 Å². The first-order chi connectivity index (χ1) is 11.7. The van der Waals surface area contributed by atoms with Crippen molar-refractivity contribution in [1.82, 2.24) is 10.2 Å².